The molecule has 1 atom stereocenters. The summed E-state index contributed by atoms with van der Waals surface area (Å²) < 4.78 is 31.0. The van der Waals surface area contributed by atoms with Gasteiger partial charge in [-0.25, -0.2) is 13.8 Å². The number of nitrogens with two attached hydrogens (primary N) is 1. The Bertz CT molecular complexity index is 935. The van der Waals surface area contributed by atoms with Crippen LogP contribution in [-0.2, 0) is 9.53 Å². The molecule has 0 saturated heterocycles. The van der Waals surface area contributed by atoms with E-state index >= 15 is 0 Å². The van der Waals surface area contributed by atoms with Crippen molar-refractivity contribution in [1.82, 2.24) is 9.97 Å². The predicted molar refractivity (Wildman–Crippen MR) is 95.5 cm³/mol. The van der Waals surface area contributed by atoms with Crippen molar-refractivity contribution in [2.45, 2.75) is 24.3 Å². The van der Waals surface area contributed by atoms with E-state index < -0.39 is 34.3 Å². The number of anilines is 2. The van der Waals surface area contributed by atoms with Crippen molar-refractivity contribution in [1.29, 1.82) is 0 Å². The van der Waals surface area contributed by atoms with Crippen molar-refractivity contribution in [3.05, 3.63) is 45.8 Å². The molecule has 0 fully saturated rings. The van der Waals surface area contributed by atoms with Crippen LogP contribution in [0.3, 0.4) is 0 Å². The van der Waals surface area contributed by atoms with Gasteiger partial charge in [0.15, 0.2) is 22.6 Å². The number of nitrogens with one attached hydrogen (secondary N) is 2. The monoisotopic (exact) mass is 398 g/mol. The fourth-order valence-corrected chi connectivity index (χ4v) is 2.75. The molecule has 1 aromatic carbocycles. The van der Waals surface area contributed by atoms with Gasteiger partial charge < -0.3 is 15.8 Å². The third-order valence-electron chi connectivity index (χ3n) is 3.25. The molecule has 27 heavy (non-hydrogen) atoms. The number of carbonyl (C=O) groups is 2. The van der Waals surface area contributed by atoms with Crippen molar-refractivity contribution < 1.29 is 23.1 Å². The Labute approximate surface area is 156 Å². The number of aromatic amines is 1. The highest BCUT2D eigenvalue weighted by Gasteiger charge is 2.19. The zero-order valence-electron chi connectivity index (χ0n) is 14.3. The van der Waals surface area contributed by atoms with E-state index in [0.29, 0.717) is 6.07 Å². The zero-order chi connectivity index (χ0) is 20.1. The highest BCUT2D eigenvalue weighted by atomic mass is 32.2. The van der Waals surface area contributed by atoms with Gasteiger partial charge in [-0.3, -0.25) is 19.4 Å². The van der Waals surface area contributed by atoms with Crippen molar-refractivity contribution in [3.8, 4) is 0 Å². The molecule has 0 aliphatic rings. The van der Waals surface area contributed by atoms with Crippen molar-refractivity contribution in [2.75, 3.05) is 17.7 Å². The van der Waals surface area contributed by atoms with E-state index in [1.807, 2.05) is 0 Å². The van der Waals surface area contributed by atoms with Crippen LogP contribution in [0, 0.1) is 11.6 Å². The summed E-state index contributed by atoms with van der Waals surface area (Å²) in [5, 5.41) is 1.62. The minimum Gasteiger partial charge on any atom is -0.465 e. The van der Waals surface area contributed by atoms with Crippen molar-refractivity contribution >= 4 is 35.1 Å². The van der Waals surface area contributed by atoms with Gasteiger partial charge in [0.2, 0.25) is 0 Å². The fourth-order valence-electron chi connectivity index (χ4n) is 1.94. The van der Waals surface area contributed by atoms with Crippen LogP contribution in [0.25, 0.3) is 0 Å². The molecule has 8 nitrogen and oxygen atoms in total. The van der Waals surface area contributed by atoms with E-state index in [0.717, 1.165) is 23.9 Å². The number of hydrogen-bond donors (Lipinski definition) is 3. The van der Waals surface area contributed by atoms with Crippen LogP contribution in [0.4, 0.5) is 20.3 Å². The first-order chi connectivity index (χ1) is 12.7. The van der Waals surface area contributed by atoms with Gasteiger partial charge in [-0.2, -0.15) is 0 Å². The lowest BCUT2D eigenvalue weighted by atomic mass is 10.2. The number of hydrogen-bond acceptors (Lipinski definition) is 7. The average Bonchev–Trinajstić information content (AvgIpc) is 2.60. The van der Waals surface area contributed by atoms with Gasteiger partial charge in [0.05, 0.1) is 6.61 Å². The number of ether oxygens (including phenoxy) is 1. The van der Waals surface area contributed by atoms with Crippen LogP contribution in [0.5, 0.6) is 0 Å². The first-order valence-corrected chi connectivity index (χ1v) is 8.60. The van der Waals surface area contributed by atoms with Crippen LogP contribution >= 0.6 is 11.8 Å². The maximum Gasteiger partial charge on any atom is 0.319 e. The second kappa shape index (κ2) is 8.62. The van der Waals surface area contributed by atoms with Gasteiger partial charge in [0.1, 0.15) is 10.9 Å². The lowest BCUT2D eigenvalue weighted by Gasteiger charge is -2.11. The predicted octanol–water partition coefficient (Wildman–Crippen LogP) is 1.93. The highest BCUT2D eigenvalue weighted by molar-refractivity contribution is 8.00. The summed E-state index contributed by atoms with van der Waals surface area (Å²) in [6.45, 7) is 3.44. The van der Waals surface area contributed by atoms with Crippen molar-refractivity contribution in [2.24, 2.45) is 0 Å². The minimum absolute atomic E-state index is 0.0591. The summed E-state index contributed by atoms with van der Waals surface area (Å²) in [7, 11) is 0. The SMILES string of the molecule is CCOC(=O)[C@@H](C)Sc1nc(N)c(NC(=O)c2ccc(F)c(F)c2)c(=O)[nH]1. The Morgan fingerprint density at radius 2 is 2.07 bits per heavy atom. The third kappa shape index (κ3) is 5.03. The molecule has 0 aliphatic carbocycles. The van der Waals surface area contributed by atoms with Gasteiger partial charge >= 0.3 is 5.97 Å². The Hall–Kier alpha value is -2.95. The summed E-state index contributed by atoms with van der Waals surface area (Å²) in [5.41, 5.74) is 4.38. The number of rotatable bonds is 6. The number of benzene rings is 1. The van der Waals surface area contributed by atoms with E-state index in [1.165, 1.54) is 0 Å². The Kier molecular flexibility index (Phi) is 6.50. The molecule has 2 rings (SSSR count). The Balaban J connectivity index is 2.19. The quantitative estimate of drug-likeness (QED) is 0.385. The summed E-state index contributed by atoms with van der Waals surface area (Å²) in [5.74, 6) is -3.97. The van der Waals surface area contributed by atoms with E-state index in [2.05, 4.69) is 15.3 Å². The molecule has 1 aromatic heterocycles. The van der Waals surface area contributed by atoms with Gasteiger partial charge in [-0.05, 0) is 32.0 Å². The third-order valence-corrected chi connectivity index (χ3v) is 4.22. The summed E-state index contributed by atoms with van der Waals surface area (Å²) >= 11 is 0.922. The molecule has 0 bridgehead atoms. The first-order valence-electron chi connectivity index (χ1n) is 7.72. The molecule has 1 heterocycles. The second-order valence-corrected chi connectivity index (χ2v) is 6.56. The molecule has 4 N–H and O–H groups in total. The molecule has 1 amide bonds. The molecule has 0 saturated carbocycles. The van der Waals surface area contributed by atoms with Crippen LogP contribution in [-0.4, -0.2) is 33.7 Å². The maximum atomic E-state index is 13.2. The normalized spacial score (nSPS) is 11.7. The van der Waals surface area contributed by atoms with Gasteiger partial charge in [0, 0.05) is 5.56 Å². The number of carbonyl (C=O) groups excluding carboxylic acids is 2. The molecular weight excluding hydrogens is 382 g/mol. The number of amides is 1. The number of thioether (sulfide) groups is 1. The standard InChI is InChI=1S/C16H16F2N4O4S/c1-3-26-15(25)7(2)27-16-21-12(19)11(14(24)22-16)20-13(23)8-4-5-9(17)10(18)6-8/h4-7H,3H2,1-2H3,(H,20,23)(H3,19,21,22,24)/t7-/m1/s1. The van der Waals surface area contributed by atoms with Crippen LogP contribution < -0.4 is 16.6 Å². The topological polar surface area (TPSA) is 127 Å². The van der Waals surface area contributed by atoms with E-state index in [9.17, 15) is 23.2 Å². The molecule has 0 unspecified atom stereocenters. The smallest absolute Gasteiger partial charge is 0.319 e. The largest absolute Gasteiger partial charge is 0.465 e. The number of nitrogens with zero attached hydrogens (tertiary/aromatic N) is 1. The zero-order valence-corrected chi connectivity index (χ0v) is 15.2. The molecule has 0 aliphatic heterocycles. The first kappa shape index (κ1) is 20.4. The van der Waals surface area contributed by atoms with Gasteiger partial charge in [0.25, 0.3) is 11.5 Å². The number of halogens is 2. The molecule has 11 heteroatoms. The van der Waals surface area contributed by atoms with E-state index in [4.69, 9.17) is 10.5 Å². The van der Waals surface area contributed by atoms with Crippen LogP contribution in [0.2, 0.25) is 0 Å². The minimum atomic E-state index is -1.21. The lowest BCUT2D eigenvalue weighted by molar-refractivity contribution is -0.142. The molecular formula is C16H16F2N4O4S. The van der Waals surface area contributed by atoms with Crippen LogP contribution in [0.1, 0.15) is 24.2 Å². The maximum absolute atomic E-state index is 13.2. The van der Waals surface area contributed by atoms with Crippen LogP contribution in [0.15, 0.2) is 28.2 Å². The molecule has 0 spiro atoms. The Morgan fingerprint density at radius 3 is 2.67 bits per heavy atom. The molecule has 144 valence electrons. The number of nitrogen functional groups attached to an aromatic ring is 1. The number of H-pyrrole nitrogens is 1. The second-order valence-electron chi connectivity index (χ2n) is 5.23. The van der Waals surface area contributed by atoms with Crippen molar-refractivity contribution in [3.63, 3.8) is 0 Å². The number of esters is 1. The summed E-state index contributed by atoms with van der Waals surface area (Å²) in [6.07, 6.45) is 0. The van der Waals surface area contributed by atoms with Gasteiger partial charge in [-0.1, -0.05) is 11.8 Å². The lowest BCUT2D eigenvalue weighted by Crippen LogP contribution is -2.24. The summed E-state index contributed by atoms with van der Waals surface area (Å²) in [6, 6.07) is 2.52. The Morgan fingerprint density at radius 1 is 1.37 bits per heavy atom. The van der Waals surface area contributed by atoms with E-state index in [-0.39, 0.29) is 28.8 Å². The highest BCUT2D eigenvalue weighted by Crippen LogP contribution is 2.22. The summed E-state index contributed by atoms with van der Waals surface area (Å²) in [4.78, 5) is 42.2. The van der Waals surface area contributed by atoms with Gasteiger partial charge in [-0.15, -0.1) is 0 Å². The molecule has 0 radical (unpaired) electrons. The average molecular weight is 398 g/mol. The fraction of sp³-hybridized carbons (Fsp3) is 0.250. The van der Waals surface area contributed by atoms with E-state index in [1.54, 1.807) is 13.8 Å². The molecule has 2 aromatic rings. The number of aromatic nitrogens is 2.